The van der Waals surface area contributed by atoms with Gasteiger partial charge in [0.15, 0.2) is 0 Å². The molecule has 1 rings (SSSR count). The molecular weight excluding hydrogens is 316 g/mol. The summed E-state index contributed by atoms with van der Waals surface area (Å²) < 4.78 is 0.992. The molecule has 98 valence electrons. The standard InChI is InChI=1S/C13H16BrClN2O/c1-8(2)13(3,11(16)17-12(15)18)9-4-6-10(14)7-5-9/h4-8H,1-3H3,(H2,16,17,18)/p+1. The van der Waals surface area contributed by atoms with Crippen molar-refractivity contribution in [3.05, 3.63) is 34.3 Å². The molecule has 5 heteroatoms. The number of hydrogen-bond donors (Lipinski definition) is 1. The van der Waals surface area contributed by atoms with Crippen LogP contribution in [-0.2, 0) is 5.41 Å². The number of nitrogens with one attached hydrogen (secondary N) is 1. The molecule has 0 saturated carbocycles. The predicted octanol–water partition coefficient (Wildman–Crippen LogP) is 3.66. The highest BCUT2D eigenvalue weighted by Gasteiger charge is 2.36. The Hall–Kier alpha value is -0.870. The molecule has 0 fully saturated rings. The summed E-state index contributed by atoms with van der Waals surface area (Å²) in [5, 5.41) is 14.9. The van der Waals surface area contributed by atoms with Crippen LogP contribution in [0.5, 0.6) is 0 Å². The predicted molar refractivity (Wildman–Crippen MR) is 81.0 cm³/mol. The van der Waals surface area contributed by atoms with E-state index in [0.717, 1.165) is 10.0 Å². The number of aliphatic imine (C=N–C) groups is 1. The van der Waals surface area contributed by atoms with E-state index in [-0.39, 0.29) is 17.1 Å². The van der Waals surface area contributed by atoms with Gasteiger partial charge in [-0.15, -0.1) is 4.99 Å². The van der Waals surface area contributed by atoms with Gasteiger partial charge in [0.25, 0.3) is 0 Å². The molecule has 0 saturated heterocycles. The summed E-state index contributed by atoms with van der Waals surface area (Å²) in [7, 11) is 0. The largest absolute Gasteiger partial charge is 0.569 e. The highest BCUT2D eigenvalue weighted by atomic mass is 79.9. The van der Waals surface area contributed by atoms with Crippen molar-refractivity contribution in [3.8, 4) is 0 Å². The van der Waals surface area contributed by atoms with E-state index in [4.69, 9.17) is 22.1 Å². The van der Waals surface area contributed by atoms with Crippen LogP contribution in [0.2, 0.25) is 0 Å². The first-order chi connectivity index (χ1) is 8.28. The van der Waals surface area contributed by atoms with Gasteiger partial charge in [-0.2, -0.15) is 0 Å². The van der Waals surface area contributed by atoms with Gasteiger partial charge in [-0.25, -0.2) is 0 Å². The highest BCUT2D eigenvalue weighted by molar-refractivity contribution is 9.10. The van der Waals surface area contributed by atoms with Gasteiger partial charge in [-0.3, -0.25) is 5.41 Å². The van der Waals surface area contributed by atoms with Crippen LogP contribution in [0.15, 0.2) is 33.7 Å². The van der Waals surface area contributed by atoms with Crippen molar-refractivity contribution in [2.45, 2.75) is 26.2 Å². The Labute approximate surface area is 121 Å². The molecule has 0 heterocycles. The second-order valence-electron chi connectivity index (χ2n) is 4.62. The van der Waals surface area contributed by atoms with Crippen LogP contribution >= 0.6 is 27.5 Å². The minimum atomic E-state index is -0.554. The molecule has 1 aromatic carbocycles. The zero-order chi connectivity index (χ0) is 13.9. The van der Waals surface area contributed by atoms with Crippen LogP contribution in [0.4, 0.5) is 0 Å². The van der Waals surface area contributed by atoms with Crippen molar-refractivity contribution in [2.24, 2.45) is 10.9 Å². The van der Waals surface area contributed by atoms with Crippen molar-refractivity contribution >= 4 is 38.7 Å². The molecule has 0 amide bonds. The minimum absolute atomic E-state index is 0.111. The van der Waals surface area contributed by atoms with Crippen molar-refractivity contribution in [1.82, 2.24) is 0 Å². The first-order valence-corrected chi connectivity index (χ1v) is 6.76. The second-order valence-corrected chi connectivity index (χ2v) is 5.89. The lowest BCUT2D eigenvalue weighted by Gasteiger charge is -2.32. The zero-order valence-electron chi connectivity index (χ0n) is 10.6. The summed E-state index contributed by atoms with van der Waals surface area (Å²) in [6, 6.07) is 7.81. The Morgan fingerprint density at radius 3 is 2.28 bits per heavy atom. The second kappa shape index (κ2) is 5.85. The van der Waals surface area contributed by atoms with Gasteiger partial charge < -0.3 is 5.11 Å². The van der Waals surface area contributed by atoms with E-state index < -0.39 is 5.41 Å². The Kier molecular flexibility index (Phi) is 4.93. The monoisotopic (exact) mass is 331 g/mol. The molecule has 3 N–H and O–H groups in total. The number of hydrogen-bond acceptors (Lipinski definition) is 1. The topological polar surface area (TPSA) is 59.1 Å². The van der Waals surface area contributed by atoms with E-state index in [9.17, 15) is 0 Å². The quantitative estimate of drug-likeness (QED) is 0.499. The number of nitrogens with zero attached hydrogens (tertiary/aromatic N) is 1. The summed E-state index contributed by atoms with van der Waals surface area (Å²) in [5.41, 5.74) is 0.439. The molecule has 0 radical (unpaired) electrons. The fourth-order valence-electron chi connectivity index (χ4n) is 1.75. The van der Waals surface area contributed by atoms with Gasteiger partial charge >= 0.3 is 5.36 Å². The first-order valence-electron chi connectivity index (χ1n) is 5.59. The van der Waals surface area contributed by atoms with E-state index >= 15 is 0 Å². The van der Waals surface area contributed by atoms with Crippen molar-refractivity contribution in [1.29, 1.82) is 5.41 Å². The molecule has 3 nitrogen and oxygen atoms in total. The molecule has 0 spiro atoms. The highest BCUT2D eigenvalue weighted by Crippen LogP contribution is 2.34. The Balaban J connectivity index is 3.27. The third-order valence-corrected chi connectivity index (χ3v) is 3.91. The van der Waals surface area contributed by atoms with Gasteiger partial charge in [0.1, 0.15) is 5.84 Å². The maximum absolute atomic E-state index is 8.09. The lowest BCUT2D eigenvalue weighted by molar-refractivity contribution is 0.443. The van der Waals surface area contributed by atoms with Crippen molar-refractivity contribution in [3.63, 3.8) is 0 Å². The maximum Gasteiger partial charge on any atom is 0.435 e. The van der Waals surface area contributed by atoms with Gasteiger partial charge in [-0.1, -0.05) is 41.9 Å². The molecule has 0 aliphatic rings. The Morgan fingerprint density at radius 2 is 1.89 bits per heavy atom. The van der Waals surface area contributed by atoms with Crippen LogP contribution in [0.3, 0.4) is 0 Å². The number of rotatable bonds is 3. The van der Waals surface area contributed by atoms with Crippen molar-refractivity contribution in [2.75, 3.05) is 0 Å². The average Bonchev–Trinajstić information content (AvgIpc) is 2.27. The SMILES string of the molecule is CC(C)C(C)(C(=N)N=C([OH2+])Cl)c1ccc(Br)cc1. The summed E-state index contributed by atoms with van der Waals surface area (Å²) in [6.45, 7) is 6.01. The molecule has 18 heavy (non-hydrogen) atoms. The van der Waals surface area contributed by atoms with E-state index in [2.05, 4.69) is 20.9 Å². The fraction of sp³-hybridized carbons (Fsp3) is 0.385. The van der Waals surface area contributed by atoms with E-state index in [1.165, 1.54) is 0 Å². The summed E-state index contributed by atoms with van der Waals surface area (Å²) >= 11 is 8.86. The van der Waals surface area contributed by atoms with Crippen LogP contribution in [0.1, 0.15) is 26.3 Å². The smallest absolute Gasteiger partial charge is 0.435 e. The normalized spacial score (nSPS) is 15.6. The third-order valence-electron chi connectivity index (χ3n) is 3.30. The van der Waals surface area contributed by atoms with Crippen LogP contribution in [0, 0.1) is 11.3 Å². The number of amidine groups is 1. The molecule has 0 aliphatic carbocycles. The molecule has 0 aliphatic heterocycles. The summed E-state index contributed by atoms with van der Waals surface area (Å²) in [5.74, 6) is 0.283. The van der Waals surface area contributed by atoms with Crippen LogP contribution < -0.4 is 0 Å². The summed E-state index contributed by atoms with van der Waals surface area (Å²) in [4.78, 5) is 3.79. The number of halogens is 2. The third kappa shape index (κ3) is 3.12. The van der Waals surface area contributed by atoms with Gasteiger partial charge in [0, 0.05) is 16.1 Å². The first kappa shape index (κ1) is 15.2. The molecule has 0 aromatic heterocycles. The van der Waals surface area contributed by atoms with Gasteiger partial charge in [0.2, 0.25) is 0 Å². The molecule has 1 atom stereocenters. The Bertz CT molecular complexity index is 466. The molecule has 1 aromatic rings. The molecular formula is C13H17BrClN2O+. The lowest BCUT2D eigenvalue weighted by atomic mass is 9.72. The number of benzene rings is 1. The zero-order valence-corrected chi connectivity index (χ0v) is 12.9. The van der Waals surface area contributed by atoms with Gasteiger partial charge in [0.05, 0.1) is 5.41 Å². The molecule has 0 bridgehead atoms. The van der Waals surface area contributed by atoms with Gasteiger partial charge in [-0.05, 0) is 30.5 Å². The fourth-order valence-corrected chi connectivity index (χ4v) is 2.10. The Morgan fingerprint density at radius 1 is 1.39 bits per heavy atom. The lowest BCUT2D eigenvalue weighted by Crippen LogP contribution is -2.36. The maximum atomic E-state index is 8.09. The summed E-state index contributed by atoms with van der Waals surface area (Å²) in [6.07, 6.45) is 0. The van der Waals surface area contributed by atoms with E-state index in [1.807, 2.05) is 45.0 Å². The van der Waals surface area contributed by atoms with Crippen LogP contribution in [0.25, 0.3) is 0 Å². The van der Waals surface area contributed by atoms with E-state index in [1.54, 1.807) is 0 Å². The van der Waals surface area contributed by atoms with E-state index in [0.29, 0.717) is 0 Å². The average molecular weight is 333 g/mol. The molecule has 1 unspecified atom stereocenters. The minimum Gasteiger partial charge on any atom is -0.569 e. The van der Waals surface area contributed by atoms with Crippen LogP contribution in [-0.4, -0.2) is 16.3 Å². The van der Waals surface area contributed by atoms with Crippen molar-refractivity contribution < 1.29 is 5.11 Å².